The molecular weight excluding hydrogens is 394 g/mol. The highest BCUT2D eigenvalue weighted by Gasteiger charge is 2.18. The summed E-state index contributed by atoms with van der Waals surface area (Å²) >= 11 is 7.32. The Balaban J connectivity index is 2.44. The Morgan fingerprint density at radius 3 is 2.43 bits per heavy atom. The van der Waals surface area contributed by atoms with Crippen LogP contribution in [0.4, 0.5) is 0 Å². The fourth-order valence-electron chi connectivity index (χ4n) is 2.36. The van der Waals surface area contributed by atoms with Crippen molar-refractivity contribution in [2.45, 2.75) is 19.9 Å². The molecule has 2 aromatic rings. The Morgan fingerprint density at radius 1 is 1.05 bits per heavy atom. The van der Waals surface area contributed by atoms with Crippen LogP contribution in [-0.4, -0.2) is 13.7 Å². The molecule has 0 amide bonds. The molecule has 1 atom stereocenters. The first-order chi connectivity index (χ1) is 10.1. The molecule has 0 radical (unpaired) electrons. The van der Waals surface area contributed by atoms with Crippen molar-refractivity contribution >= 4 is 31.9 Å². The maximum atomic E-state index is 5.54. The number of nitrogens with one attached hydrogen (secondary N) is 1. The van der Waals surface area contributed by atoms with Crippen molar-refractivity contribution < 1.29 is 4.74 Å². The number of aryl methyl sites for hydroxylation is 1. The molecule has 1 unspecified atom stereocenters. The lowest BCUT2D eigenvalue weighted by Crippen LogP contribution is -2.18. The SMILES string of the molecule is CCOc1ccc(C(NC)c2cc(C)ccc2Br)c(Br)c1. The number of rotatable bonds is 5. The second-order valence-corrected chi connectivity index (χ2v) is 6.57. The molecule has 0 aliphatic carbocycles. The monoisotopic (exact) mass is 411 g/mol. The van der Waals surface area contributed by atoms with Gasteiger partial charge in [-0.15, -0.1) is 0 Å². The molecule has 0 aliphatic heterocycles. The predicted octanol–water partition coefficient (Wildman–Crippen LogP) is 5.23. The van der Waals surface area contributed by atoms with Gasteiger partial charge in [0.2, 0.25) is 0 Å². The van der Waals surface area contributed by atoms with Gasteiger partial charge >= 0.3 is 0 Å². The quantitative estimate of drug-likeness (QED) is 0.725. The topological polar surface area (TPSA) is 21.3 Å². The van der Waals surface area contributed by atoms with Gasteiger partial charge in [0.15, 0.2) is 0 Å². The fourth-order valence-corrected chi connectivity index (χ4v) is 3.42. The van der Waals surface area contributed by atoms with Crippen molar-refractivity contribution in [2.75, 3.05) is 13.7 Å². The van der Waals surface area contributed by atoms with E-state index in [0.29, 0.717) is 6.61 Å². The molecule has 0 fully saturated rings. The highest BCUT2D eigenvalue weighted by atomic mass is 79.9. The second-order valence-electron chi connectivity index (χ2n) is 4.86. The number of benzene rings is 2. The molecule has 2 rings (SSSR count). The minimum atomic E-state index is 0.115. The molecule has 2 nitrogen and oxygen atoms in total. The summed E-state index contributed by atoms with van der Waals surface area (Å²) in [5.41, 5.74) is 3.66. The van der Waals surface area contributed by atoms with Gasteiger partial charge in [-0.1, -0.05) is 55.6 Å². The third-order valence-electron chi connectivity index (χ3n) is 3.35. The number of hydrogen-bond donors (Lipinski definition) is 1. The van der Waals surface area contributed by atoms with E-state index in [1.54, 1.807) is 0 Å². The lowest BCUT2D eigenvalue weighted by atomic mass is 9.97. The van der Waals surface area contributed by atoms with Gasteiger partial charge in [0.25, 0.3) is 0 Å². The number of hydrogen-bond acceptors (Lipinski definition) is 2. The van der Waals surface area contributed by atoms with Crippen LogP contribution in [0.25, 0.3) is 0 Å². The molecule has 0 bridgehead atoms. The summed E-state index contributed by atoms with van der Waals surface area (Å²) in [5.74, 6) is 0.881. The van der Waals surface area contributed by atoms with Crippen molar-refractivity contribution in [2.24, 2.45) is 0 Å². The molecule has 0 aliphatic rings. The van der Waals surface area contributed by atoms with Gasteiger partial charge in [-0.3, -0.25) is 0 Å². The molecule has 0 heterocycles. The first kappa shape index (κ1) is 16.5. The zero-order valence-electron chi connectivity index (χ0n) is 12.4. The van der Waals surface area contributed by atoms with Crippen LogP contribution in [0.2, 0.25) is 0 Å². The zero-order valence-corrected chi connectivity index (χ0v) is 15.6. The number of ether oxygens (including phenoxy) is 1. The average molecular weight is 413 g/mol. The summed E-state index contributed by atoms with van der Waals surface area (Å²) in [6.45, 7) is 4.77. The van der Waals surface area contributed by atoms with E-state index in [1.165, 1.54) is 16.7 Å². The van der Waals surface area contributed by atoms with Gasteiger partial charge in [-0.05, 0) is 50.2 Å². The van der Waals surface area contributed by atoms with Crippen molar-refractivity contribution in [1.29, 1.82) is 0 Å². The lowest BCUT2D eigenvalue weighted by Gasteiger charge is -2.21. The van der Waals surface area contributed by atoms with Crippen LogP contribution in [0.3, 0.4) is 0 Å². The van der Waals surface area contributed by atoms with E-state index < -0.39 is 0 Å². The van der Waals surface area contributed by atoms with E-state index in [4.69, 9.17) is 4.74 Å². The van der Waals surface area contributed by atoms with Crippen molar-refractivity contribution in [3.05, 3.63) is 62.0 Å². The molecular formula is C17H19Br2NO. The van der Waals surface area contributed by atoms with Gasteiger partial charge in [0, 0.05) is 8.95 Å². The van der Waals surface area contributed by atoms with Gasteiger partial charge in [-0.25, -0.2) is 0 Å². The second kappa shape index (κ2) is 7.43. The van der Waals surface area contributed by atoms with E-state index in [2.05, 4.69) is 68.4 Å². The van der Waals surface area contributed by atoms with Crippen LogP contribution in [0.15, 0.2) is 45.3 Å². The molecule has 0 saturated heterocycles. The summed E-state index contributed by atoms with van der Waals surface area (Å²) in [4.78, 5) is 0. The third-order valence-corrected chi connectivity index (χ3v) is 4.75. The van der Waals surface area contributed by atoms with E-state index in [1.807, 2.05) is 26.1 Å². The standard InChI is InChI=1S/C17H19Br2NO/c1-4-21-12-6-7-13(16(19)10-12)17(20-3)14-9-11(2)5-8-15(14)18/h5-10,17,20H,4H2,1-3H3. The molecule has 112 valence electrons. The first-order valence-corrected chi connectivity index (χ1v) is 8.51. The highest BCUT2D eigenvalue weighted by molar-refractivity contribution is 9.10. The van der Waals surface area contributed by atoms with E-state index in [0.717, 1.165) is 14.7 Å². The maximum Gasteiger partial charge on any atom is 0.120 e. The Morgan fingerprint density at radius 2 is 1.81 bits per heavy atom. The molecule has 21 heavy (non-hydrogen) atoms. The smallest absolute Gasteiger partial charge is 0.120 e. The van der Waals surface area contributed by atoms with Crippen LogP contribution >= 0.6 is 31.9 Å². The predicted molar refractivity (Wildman–Crippen MR) is 95.1 cm³/mol. The van der Waals surface area contributed by atoms with Crippen molar-refractivity contribution in [3.63, 3.8) is 0 Å². The summed E-state index contributed by atoms with van der Waals surface area (Å²) in [7, 11) is 1.97. The summed E-state index contributed by atoms with van der Waals surface area (Å²) in [6, 6.07) is 12.7. The summed E-state index contributed by atoms with van der Waals surface area (Å²) in [5, 5.41) is 3.39. The summed E-state index contributed by atoms with van der Waals surface area (Å²) in [6.07, 6.45) is 0. The molecule has 0 spiro atoms. The Labute approximate surface area is 143 Å². The normalized spacial score (nSPS) is 12.2. The molecule has 2 aromatic carbocycles. The Kier molecular flexibility index (Phi) is 5.85. The highest BCUT2D eigenvalue weighted by Crippen LogP contribution is 2.34. The van der Waals surface area contributed by atoms with E-state index >= 15 is 0 Å². The average Bonchev–Trinajstić information content (AvgIpc) is 2.46. The number of halogens is 2. The van der Waals surface area contributed by atoms with Crippen LogP contribution in [0, 0.1) is 6.92 Å². The van der Waals surface area contributed by atoms with Crippen LogP contribution in [0.5, 0.6) is 5.75 Å². The van der Waals surface area contributed by atoms with Gasteiger partial charge in [0.05, 0.1) is 12.6 Å². The maximum absolute atomic E-state index is 5.54. The van der Waals surface area contributed by atoms with Gasteiger partial charge in [-0.2, -0.15) is 0 Å². The fraction of sp³-hybridized carbons (Fsp3) is 0.294. The van der Waals surface area contributed by atoms with E-state index in [-0.39, 0.29) is 6.04 Å². The van der Waals surface area contributed by atoms with Gasteiger partial charge < -0.3 is 10.1 Å². The first-order valence-electron chi connectivity index (χ1n) is 6.92. The lowest BCUT2D eigenvalue weighted by molar-refractivity contribution is 0.340. The summed E-state index contributed by atoms with van der Waals surface area (Å²) < 4.78 is 7.69. The van der Waals surface area contributed by atoms with Gasteiger partial charge in [0.1, 0.15) is 5.75 Å². The third kappa shape index (κ3) is 3.87. The van der Waals surface area contributed by atoms with Crippen LogP contribution in [0.1, 0.15) is 29.7 Å². The largest absolute Gasteiger partial charge is 0.494 e. The molecule has 1 N–H and O–H groups in total. The molecule has 0 saturated carbocycles. The zero-order chi connectivity index (χ0) is 15.4. The minimum absolute atomic E-state index is 0.115. The Hall–Kier alpha value is -0.840. The van der Waals surface area contributed by atoms with Crippen molar-refractivity contribution in [1.82, 2.24) is 5.32 Å². The minimum Gasteiger partial charge on any atom is -0.494 e. The molecule has 4 heteroatoms. The van der Waals surface area contributed by atoms with Crippen molar-refractivity contribution in [3.8, 4) is 5.75 Å². The van der Waals surface area contributed by atoms with E-state index in [9.17, 15) is 0 Å². The molecule has 0 aromatic heterocycles. The Bertz CT molecular complexity index is 628. The van der Waals surface area contributed by atoms with Crippen LogP contribution < -0.4 is 10.1 Å². The van der Waals surface area contributed by atoms with Crippen LogP contribution in [-0.2, 0) is 0 Å².